The molecule has 4 aromatic rings. The molecule has 1 aliphatic rings. The van der Waals surface area contributed by atoms with Crippen molar-refractivity contribution in [2.75, 3.05) is 0 Å². The molecular weight excluding hydrogens is 456 g/mol. The molecule has 0 atom stereocenters. The normalized spacial score (nSPS) is 13.7. The van der Waals surface area contributed by atoms with Crippen LogP contribution in [0.1, 0.15) is 24.0 Å². The molecule has 1 heterocycles. The van der Waals surface area contributed by atoms with Crippen molar-refractivity contribution in [3.63, 3.8) is 0 Å². The first kappa shape index (κ1) is 23.2. The number of nitrogens with zero attached hydrogens (tertiary/aromatic N) is 1. The van der Waals surface area contributed by atoms with E-state index >= 15 is 0 Å². The summed E-state index contributed by atoms with van der Waals surface area (Å²) in [6, 6.07) is 23.5. The zero-order valence-corrected chi connectivity index (χ0v) is 19.5. The SMILES string of the molecule is NC(=O)Oc1ccc2c(Oc3ccc(CC(=O)C4(C(=O)Cc5ccccc5)CC4)cc3)ccnc2c1. The Morgan fingerprint density at radius 1 is 0.806 bits per heavy atom. The maximum absolute atomic E-state index is 13.0. The monoisotopic (exact) mass is 480 g/mol. The summed E-state index contributed by atoms with van der Waals surface area (Å²) >= 11 is 0. The van der Waals surface area contributed by atoms with Gasteiger partial charge in [-0.05, 0) is 54.3 Å². The molecule has 1 amide bonds. The minimum absolute atomic E-state index is 0.00704. The number of Topliss-reactive ketones (excluding diaryl/α,β-unsaturated/α-hetero) is 2. The zero-order chi connectivity index (χ0) is 25.1. The van der Waals surface area contributed by atoms with Crippen LogP contribution in [0.4, 0.5) is 4.79 Å². The molecule has 1 saturated carbocycles. The van der Waals surface area contributed by atoms with Crippen LogP contribution in [0.2, 0.25) is 0 Å². The van der Waals surface area contributed by atoms with E-state index in [-0.39, 0.29) is 24.4 Å². The number of ether oxygens (including phenoxy) is 2. The Bertz CT molecular complexity index is 1440. The van der Waals surface area contributed by atoms with Crippen LogP contribution in [0.5, 0.6) is 17.2 Å². The molecule has 1 aromatic heterocycles. The lowest BCUT2D eigenvalue weighted by Crippen LogP contribution is -2.28. The standard InChI is InChI=1S/C29H24N2O5/c30-28(34)36-22-10-11-23-24(18-22)31-15-12-25(23)35-21-8-6-20(7-9-21)17-27(33)29(13-14-29)26(32)16-19-4-2-1-3-5-19/h1-12,15,18H,13-14,16-17H2,(H2,30,34). The van der Waals surface area contributed by atoms with Gasteiger partial charge in [0.15, 0.2) is 11.6 Å². The van der Waals surface area contributed by atoms with E-state index in [0.717, 1.165) is 16.5 Å². The molecule has 0 bridgehead atoms. The van der Waals surface area contributed by atoms with E-state index in [0.29, 0.717) is 35.6 Å². The molecule has 5 rings (SSSR count). The molecule has 3 aromatic carbocycles. The summed E-state index contributed by atoms with van der Waals surface area (Å²) in [4.78, 5) is 41.2. The van der Waals surface area contributed by atoms with Gasteiger partial charge in [0.05, 0.1) is 10.9 Å². The van der Waals surface area contributed by atoms with E-state index in [1.54, 1.807) is 42.6 Å². The Kier molecular flexibility index (Phi) is 6.21. The van der Waals surface area contributed by atoms with Crippen LogP contribution in [-0.4, -0.2) is 22.6 Å². The molecule has 2 N–H and O–H groups in total. The number of primary amides is 1. The van der Waals surface area contributed by atoms with Crippen LogP contribution >= 0.6 is 0 Å². The van der Waals surface area contributed by atoms with Crippen LogP contribution < -0.4 is 15.2 Å². The molecular formula is C29H24N2O5. The van der Waals surface area contributed by atoms with Crippen LogP contribution in [0.3, 0.4) is 0 Å². The number of carbonyl (C=O) groups is 3. The van der Waals surface area contributed by atoms with Gasteiger partial charge in [0.2, 0.25) is 0 Å². The number of aromatic nitrogens is 1. The molecule has 0 unspecified atom stereocenters. The topological polar surface area (TPSA) is 109 Å². The van der Waals surface area contributed by atoms with E-state index < -0.39 is 11.5 Å². The number of amides is 1. The second-order valence-corrected chi connectivity index (χ2v) is 8.92. The van der Waals surface area contributed by atoms with E-state index in [2.05, 4.69) is 4.98 Å². The lowest BCUT2D eigenvalue weighted by Gasteiger charge is -2.14. The number of nitrogens with two attached hydrogens (primary N) is 1. The third-order valence-electron chi connectivity index (χ3n) is 6.43. The number of ketones is 2. The maximum atomic E-state index is 13.0. The number of hydrogen-bond donors (Lipinski definition) is 1. The van der Waals surface area contributed by atoms with Gasteiger partial charge in [-0.15, -0.1) is 0 Å². The van der Waals surface area contributed by atoms with Crippen molar-refractivity contribution in [2.24, 2.45) is 11.1 Å². The summed E-state index contributed by atoms with van der Waals surface area (Å²) in [6.45, 7) is 0. The number of benzene rings is 3. The summed E-state index contributed by atoms with van der Waals surface area (Å²) in [5, 5.41) is 0.737. The van der Waals surface area contributed by atoms with Crippen molar-refractivity contribution >= 4 is 28.6 Å². The number of rotatable bonds is 9. The van der Waals surface area contributed by atoms with Gasteiger partial charge in [-0.1, -0.05) is 42.5 Å². The predicted molar refractivity (Wildman–Crippen MR) is 134 cm³/mol. The Morgan fingerprint density at radius 3 is 2.08 bits per heavy atom. The van der Waals surface area contributed by atoms with Gasteiger partial charge in [0, 0.05) is 30.5 Å². The predicted octanol–water partition coefficient (Wildman–Crippen LogP) is 5.19. The number of pyridine rings is 1. The molecule has 180 valence electrons. The summed E-state index contributed by atoms with van der Waals surface area (Å²) in [6.07, 6.45) is 2.45. The van der Waals surface area contributed by atoms with Gasteiger partial charge >= 0.3 is 6.09 Å². The third-order valence-corrected chi connectivity index (χ3v) is 6.43. The van der Waals surface area contributed by atoms with Crippen LogP contribution in [0, 0.1) is 5.41 Å². The van der Waals surface area contributed by atoms with Crippen molar-refractivity contribution in [3.8, 4) is 17.2 Å². The fourth-order valence-corrected chi connectivity index (χ4v) is 4.32. The highest BCUT2D eigenvalue weighted by atomic mass is 16.5. The van der Waals surface area contributed by atoms with Crippen LogP contribution in [0.15, 0.2) is 85.1 Å². The summed E-state index contributed by atoms with van der Waals surface area (Å²) in [5.74, 6) is 1.46. The van der Waals surface area contributed by atoms with Crippen molar-refractivity contribution in [1.82, 2.24) is 4.98 Å². The first-order valence-electron chi connectivity index (χ1n) is 11.7. The van der Waals surface area contributed by atoms with Crippen LogP contribution in [0.25, 0.3) is 10.9 Å². The summed E-state index contributed by atoms with van der Waals surface area (Å²) in [5.41, 5.74) is 6.59. The van der Waals surface area contributed by atoms with Gasteiger partial charge in [-0.2, -0.15) is 0 Å². The van der Waals surface area contributed by atoms with Gasteiger partial charge in [0.25, 0.3) is 0 Å². The largest absolute Gasteiger partial charge is 0.457 e. The third kappa shape index (κ3) is 4.95. The minimum Gasteiger partial charge on any atom is -0.457 e. The van der Waals surface area contributed by atoms with E-state index in [4.69, 9.17) is 15.2 Å². The number of carbonyl (C=O) groups excluding carboxylic acids is 3. The molecule has 36 heavy (non-hydrogen) atoms. The molecule has 1 aliphatic carbocycles. The highest BCUT2D eigenvalue weighted by Crippen LogP contribution is 2.48. The quantitative estimate of drug-likeness (QED) is 0.330. The molecule has 1 fully saturated rings. The fraction of sp³-hybridized carbons (Fsp3) is 0.172. The van der Waals surface area contributed by atoms with E-state index in [1.165, 1.54) is 0 Å². The van der Waals surface area contributed by atoms with Gasteiger partial charge in [-0.3, -0.25) is 14.6 Å². The van der Waals surface area contributed by atoms with Crippen molar-refractivity contribution in [3.05, 3.63) is 96.2 Å². The van der Waals surface area contributed by atoms with Gasteiger partial charge in [0.1, 0.15) is 17.2 Å². The second kappa shape index (κ2) is 9.62. The van der Waals surface area contributed by atoms with Gasteiger partial charge in [-0.25, -0.2) is 4.79 Å². The second-order valence-electron chi connectivity index (χ2n) is 8.92. The van der Waals surface area contributed by atoms with Crippen molar-refractivity contribution in [1.29, 1.82) is 0 Å². The molecule has 7 nitrogen and oxygen atoms in total. The van der Waals surface area contributed by atoms with E-state index in [9.17, 15) is 14.4 Å². The van der Waals surface area contributed by atoms with Gasteiger partial charge < -0.3 is 15.2 Å². The highest BCUT2D eigenvalue weighted by molar-refractivity contribution is 6.10. The van der Waals surface area contributed by atoms with E-state index in [1.807, 2.05) is 42.5 Å². The number of fused-ring (bicyclic) bond motifs is 1. The fourth-order valence-electron chi connectivity index (χ4n) is 4.32. The van der Waals surface area contributed by atoms with Crippen molar-refractivity contribution in [2.45, 2.75) is 25.7 Å². The van der Waals surface area contributed by atoms with Crippen LogP contribution in [-0.2, 0) is 22.4 Å². The molecule has 7 heteroatoms. The Labute approximate surface area is 207 Å². The first-order chi connectivity index (χ1) is 17.4. The first-order valence-corrected chi connectivity index (χ1v) is 11.7. The highest BCUT2D eigenvalue weighted by Gasteiger charge is 2.54. The Morgan fingerprint density at radius 2 is 1.44 bits per heavy atom. The Balaban J connectivity index is 1.25. The average molecular weight is 481 g/mol. The Hall–Kier alpha value is -4.52. The minimum atomic E-state index is -0.895. The summed E-state index contributed by atoms with van der Waals surface area (Å²) < 4.78 is 11.0. The lowest BCUT2D eigenvalue weighted by atomic mass is 9.88. The number of hydrogen-bond acceptors (Lipinski definition) is 6. The molecule has 0 saturated heterocycles. The molecule has 0 aliphatic heterocycles. The smallest absolute Gasteiger partial charge is 0.409 e. The maximum Gasteiger partial charge on any atom is 0.409 e. The van der Waals surface area contributed by atoms with Crippen molar-refractivity contribution < 1.29 is 23.9 Å². The summed E-state index contributed by atoms with van der Waals surface area (Å²) in [7, 11) is 0. The average Bonchev–Trinajstić information content (AvgIpc) is 3.68. The lowest BCUT2D eigenvalue weighted by molar-refractivity contribution is -0.133. The molecule has 0 radical (unpaired) electrons. The molecule has 0 spiro atoms. The zero-order valence-electron chi connectivity index (χ0n) is 19.5.